The highest BCUT2D eigenvalue weighted by atomic mass is 16.6. The number of carboxylic acids is 1. The van der Waals surface area contributed by atoms with Crippen LogP contribution in [0.3, 0.4) is 0 Å². The summed E-state index contributed by atoms with van der Waals surface area (Å²) in [7, 11) is 0. The fraction of sp³-hybridized carbons (Fsp3) is 0.412. The summed E-state index contributed by atoms with van der Waals surface area (Å²) in [6.07, 6.45) is -3.07. The Hall–Kier alpha value is -2.42. The summed E-state index contributed by atoms with van der Waals surface area (Å²) in [5.41, 5.74) is -1.04. The van der Waals surface area contributed by atoms with Gasteiger partial charge in [-0.1, -0.05) is 12.1 Å². The molecular formula is C17H20O8. The number of aliphatic hydroxyl groups is 3. The van der Waals surface area contributed by atoms with Gasteiger partial charge < -0.3 is 30.3 Å². The van der Waals surface area contributed by atoms with Crippen LogP contribution >= 0.6 is 0 Å². The van der Waals surface area contributed by atoms with E-state index in [1.54, 1.807) is 19.1 Å². The fourth-order valence-electron chi connectivity index (χ4n) is 2.66. The lowest BCUT2D eigenvalue weighted by atomic mass is 9.79. The Morgan fingerprint density at radius 2 is 1.84 bits per heavy atom. The molecule has 2 atom stereocenters. The van der Waals surface area contributed by atoms with Gasteiger partial charge >= 0.3 is 11.9 Å². The van der Waals surface area contributed by atoms with Gasteiger partial charge in [0.2, 0.25) is 0 Å². The second kappa shape index (κ2) is 7.22. The van der Waals surface area contributed by atoms with Crippen LogP contribution in [0, 0.1) is 6.92 Å². The molecule has 0 amide bonds. The molecule has 1 aromatic carbocycles. The van der Waals surface area contributed by atoms with E-state index in [1.807, 2.05) is 0 Å². The molecule has 0 bridgehead atoms. The molecule has 1 fully saturated rings. The minimum absolute atomic E-state index is 0.0709. The number of esters is 1. The normalized spacial score (nSPS) is 29.5. The summed E-state index contributed by atoms with van der Waals surface area (Å²) in [6, 6.07) is 4.80. The second-order valence-corrected chi connectivity index (χ2v) is 6.16. The topological polar surface area (TPSA) is 145 Å². The maximum Gasteiger partial charge on any atom is 0.335 e. The lowest BCUT2D eigenvalue weighted by Gasteiger charge is -2.39. The van der Waals surface area contributed by atoms with Crippen molar-refractivity contribution in [1.29, 1.82) is 0 Å². The number of carbonyl (C=O) groups is 2. The Bertz CT molecular complexity index is 684. The van der Waals surface area contributed by atoms with Crippen LogP contribution < -0.4 is 0 Å². The molecule has 0 aromatic heterocycles. The number of benzene rings is 1. The molecule has 1 aliphatic carbocycles. The minimum Gasteiger partial charge on any atom is -0.508 e. The molecule has 1 aliphatic rings. The molecular weight excluding hydrogens is 332 g/mol. The minimum atomic E-state index is -2.27. The molecule has 8 nitrogen and oxygen atoms in total. The van der Waals surface area contributed by atoms with Crippen molar-refractivity contribution < 1.29 is 39.9 Å². The van der Waals surface area contributed by atoms with Crippen molar-refractivity contribution in [2.45, 2.75) is 43.7 Å². The van der Waals surface area contributed by atoms with Gasteiger partial charge in [-0.05, 0) is 30.2 Å². The van der Waals surface area contributed by atoms with E-state index in [0.717, 1.165) is 6.08 Å². The molecule has 8 heteroatoms. The van der Waals surface area contributed by atoms with Crippen LogP contribution in [0.4, 0.5) is 0 Å². The maximum atomic E-state index is 11.9. The number of rotatable bonds is 4. The van der Waals surface area contributed by atoms with Gasteiger partial charge in [0.1, 0.15) is 5.75 Å². The highest BCUT2D eigenvalue weighted by Crippen LogP contribution is 2.31. The van der Waals surface area contributed by atoms with Gasteiger partial charge in [-0.2, -0.15) is 0 Å². The number of aromatic hydroxyl groups is 1. The number of phenolic OH excluding ortho intramolecular Hbond substituents is 1. The van der Waals surface area contributed by atoms with Crippen molar-refractivity contribution in [3.8, 4) is 5.75 Å². The number of carbonyl (C=O) groups excluding carboxylic acids is 1. The van der Waals surface area contributed by atoms with Crippen LogP contribution in [0.15, 0.2) is 24.3 Å². The van der Waals surface area contributed by atoms with Gasteiger partial charge in [0, 0.05) is 18.9 Å². The van der Waals surface area contributed by atoms with Crippen LogP contribution in [0.2, 0.25) is 0 Å². The van der Waals surface area contributed by atoms with Crippen LogP contribution in [-0.4, -0.2) is 61.4 Å². The summed E-state index contributed by atoms with van der Waals surface area (Å²) in [5, 5.41) is 48.2. The molecule has 136 valence electrons. The Morgan fingerprint density at radius 1 is 1.24 bits per heavy atom. The standard InChI is InChI=1S/C17H20O8/c1-9-2-3-10(6-11(9)18)4-5-14(21)25-15-12(19)7-17(24,16(22)23)8-13(15)20/h2-6,12-13,15,18-20,24H,7-8H2,1H3,(H,22,23)/b5-4+. The lowest BCUT2D eigenvalue weighted by molar-refractivity contribution is -0.196. The molecule has 1 saturated carbocycles. The first-order valence-electron chi connectivity index (χ1n) is 7.62. The Balaban J connectivity index is 2.01. The number of aliphatic carboxylic acids is 1. The number of aliphatic hydroxyl groups excluding tert-OH is 2. The van der Waals surface area contributed by atoms with Crippen molar-refractivity contribution in [2.24, 2.45) is 0 Å². The Labute approximate surface area is 143 Å². The molecule has 2 rings (SSSR count). The van der Waals surface area contributed by atoms with E-state index in [-0.39, 0.29) is 5.75 Å². The van der Waals surface area contributed by atoms with E-state index < -0.39 is 48.7 Å². The number of hydrogen-bond acceptors (Lipinski definition) is 7. The number of phenols is 1. The van der Waals surface area contributed by atoms with Crippen LogP contribution in [0.1, 0.15) is 24.0 Å². The average molecular weight is 352 g/mol. The number of carboxylic acid groups (broad SMARTS) is 1. The molecule has 0 saturated heterocycles. The van der Waals surface area contributed by atoms with Gasteiger partial charge in [-0.25, -0.2) is 9.59 Å². The first-order valence-corrected chi connectivity index (χ1v) is 7.62. The Kier molecular flexibility index (Phi) is 5.46. The summed E-state index contributed by atoms with van der Waals surface area (Å²) in [4.78, 5) is 22.8. The van der Waals surface area contributed by atoms with Crippen LogP contribution in [-0.2, 0) is 14.3 Å². The number of aryl methyl sites for hydroxylation is 1. The van der Waals surface area contributed by atoms with Gasteiger partial charge in [-0.15, -0.1) is 0 Å². The predicted octanol–water partition coefficient (Wildman–Crippen LogP) is -0.0431. The Morgan fingerprint density at radius 3 is 2.36 bits per heavy atom. The van der Waals surface area contributed by atoms with Crippen molar-refractivity contribution in [3.63, 3.8) is 0 Å². The molecule has 25 heavy (non-hydrogen) atoms. The maximum absolute atomic E-state index is 11.9. The van der Waals surface area contributed by atoms with Crippen LogP contribution in [0.5, 0.6) is 5.75 Å². The zero-order chi connectivity index (χ0) is 18.8. The van der Waals surface area contributed by atoms with Gasteiger partial charge in [-0.3, -0.25) is 0 Å². The second-order valence-electron chi connectivity index (χ2n) is 6.16. The third-order valence-electron chi connectivity index (χ3n) is 4.15. The van der Waals surface area contributed by atoms with Crippen molar-refractivity contribution in [2.75, 3.05) is 0 Å². The average Bonchev–Trinajstić information content (AvgIpc) is 2.52. The number of hydrogen-bond donors (Lipinski definition) is 5. The van der Waals surface area contributed by atoms with E-state index in [0.29, 0.717) is 11.1 Å². The first kappa shape index (κ1) is 18.9. The quantitative estimate of drug-likeness (QED) is 0.375. The summed E-state index contributed by atoms with van der Waals surface area (Å²) < 4.78 is 4.97. The molecule has 2 unspecified atom stereocenters. The summed E-state index contributed by atoms with van der Waals surface area (Å²) >= 11 is 0. The van der Waals surface area contributed by atoms with E-state index in [2.05, 4.69) is 0 Å². The monoisotopic (exact) mass is 352 g/mol. The zero-order valence-corrected chi connectivity index (χ0v) is 13.5. The van der Waals surface area contributed by atoms with Crippen molar-refractivity contribution in [3.05, 3.63) is 35.4 Å². The summed E-state index contributed by atoms with van der Waals surface area (Å²) in [5.74, 6) is -2.35. The first-order chi connectivity index (χ1) is 11.6. The largest absolute Gasteiger partial charge is 0.508 e. The summed E-state index contributed by atoms with van der Waals surface area (Å²) in [6.45, 7) is 1.72. The van der Waals surface area contributed by atoms with E-state index in [4.69, 9.17) is 9.84 Å². The lowest BCUT2D eigenvalue weighted by Crippen LogP contribution is -2.57. The van der Waals surface area contributed by atoms with Crippen molar-refractivity contribution in [1.82, 2.24) is 0 Å². The fourth-order valence-corrected chi connectivity index (χ4v) is 2.66. The molecule has 0 radical (unpaired) electrons. The van der Waals surface area contributed by atoms with Gasteiger partial charge in [0.25, 0.3) is 0 Å². The highest BCUT2D eigenvalue weighted by molar-refractivity contribution is 5.87. The van der Waals surface area contributed by atoms with E-state index >= 15 is 0 Å². The predicted molar refractivity (Wildman–Crippen MR) is 85.6 cm³/mol. The van der Waals surface area contributed by atoms with Crippen LogP contribution in [0.25, 0.3) is 6.08 Å². The third kappa shape index (κ3) is 4.36. The smallest absolute Gasteiger partial charge is 0.335 e. The van der Waals surface area contributed by atoms with E-state index in [9.17, 15) is 30.0 Å². The van der Waals surface area contributed by atoms with Gasteiger partial charge in [0.15, 0.2) is 11.7 Å². The third-order valence-corrected chi connectivity index (χ3v) is 4.15. The molecule has 0 aliphatic heterocycles. The molecule has 5 N–H and O–H groups in total. The van der Waals surface area contributed by atoms with Gasteiger partial charge in [0.05, 0.1) is 12.2 Å². The highest BCUT2D eigenvalue weighted by Gasteiger charge is 2.50. The molecule has 0 heterocycles. The number of ether oxygens (including phenoxy) is 1. The molecule has 0 spiro atoms. The van der Waals surface area contributed by atoms with Crippen molar-refractivity contribution >= 4 is 18.0 Å². The molecule has 1 aromatic rings. The van der Waals surface area contributed by atoms with E-state index in [1.165, 1.54) is 12.1 Å². The zero-order valence-electron chi connectivity index (χ0n) is 13.5. The SMILES string of the molecule is Cc1ccc(/C=C/C(=O)OC2C(O)CC(O)(C(=O)O)CC2O)cc1O.